The third-order valence-corrected chi connectivity index (χ3v) is 13.4. The van der Waals surface area contributed by atoms with Gasteiger partial charge in [-0.2, -0.15) is 0 Å². The van der Waals surface area contributed by atoms with Crippen LogP contribution in [-0.2, 0) is 32.2 Å². The summed E-state index contributed by atoms with van der Waals surface area (Å²) >= 11 is 3.47. The normalized spacial score (nSPS) is 12.5. The number of imidazole rings is 2. The lowest BCUT2D eigenvalue weighted by Gasteiger charge is -2.28. The van der Waals surface area contributed by atoms with E-state index < -0.39 is 24.3 Å². The van der Waals surface area contributed by atoms with Gasteiger partial charge >= 0.3 is 12.2 Å². The molecule has 3 aromatic carbocycles. The van der Waals surface area contributed by atoms with Crippen molar-refractivity contribution in [3.63, 3.8) is 0 Å². The van der Waals surface area contributed by atoms with Crippen molar-refractivity contribution in [1.82, 2.24) is 40.4 Å². The first-order valence-electron chi connectivity index (χ1n) is 21.2. The zero-order valence-corrected chi connectivity index (χ0v) is 38.6. The number of hydrogen-bond acceptors (Lipinski definition) is 10. The Bertz CT molecular complexity index is 2620. The van der Waals surface area contributed by atoms with Gasteiger partial charge in [0.15, 0.2) is 0 Å². The number of aromatic nitrogens is 4. The average Bonchev–Trinajstić information content (AvgIpc) is 4.09. The van der Waals surface area contributed by atoms with Crippen molar-refractivity contribution in [2.75, 3.05) is 27.3 Å². The Labute approximate surface area is 379 Å². The number of hydrogen-bond donors (Lipinski definition) is 4. The van der Waals surface area contributed by atoms with Crippen molar-refractivity contribution in [1.29, 1.82) is 0 Å². The molecule has 64 heavy (non-hydrogen) atoms. The van der Waals surface area contributed by atoms with Gasteiger partial charge in [0.2, 0.25) is 11.8 Å². The molecule has 2 atom stereocenters. The van der Waals surface area contributed by atoms with Gasteiger partial charge < -0.3 is 39.9 Å². The second-order valence-electron chi connectivity index (χ2n) is 16.4. The quantitative estimate of drug-likeness (QED) is 0.0616. The van der Waals surface area contributed by atoms with Crippen LogP contribution >= 0.6 is 22.7 Å². The van der Waals surface area contributed by atoms with Gasteiger partial charge in [-0.15, -0.1) is 35.8 Å². The van der Waals surface area contributed by atoms with Gasteiger partial charge in [0, 0.05) is 32.2 Å². The number of alkyl carbamates (subject to hydrolysis) is 2. The monoisotopic (exact) mass is 902 g/mol. The van der Waals surface area contributed by atoms with E-state index in [-0.39, 0.29) is 36.7 Å². The van der Waals surface area contributed by atoms with Crippen LogP contribution in [-0.4, -0.2) is 93.1 Å². The number of fused-ring (bicyclic) bond motifs is 4. The molecule has 0 aliphatic rings. The summed E-state index contributed by atoms with van der Waals surface area (Å²) in [6.07, 6.45) is 3.41. The fourth-order valence-electron chi connectivity index (χ4n) is 7.62. The summed E-state index contributed by atoms with van der Waals surface area (Å²) in [6.45, 7) is 16.5. The van der Waals surface area contributed by atoms with Crippen LogP contribution < -0.4 is 10.6 Å². The lowest BCUT2D eigenvalue weighted by molar-refractivity contribution is -0.135. The van der Waals surface area contributed by atoms with Crippen molar-refractivity contribution in [3.05, 3.63) is 97.6 Å². The molecular formula is C48H54N8O6S2. The summed E-state index contributed by atoms with van der Waals surface area (Å²) in [5.41, 5.74) is 5.46. The molecule has 0 spiro atoms. The first-order valence-corrected chi connectivity index (χ1v) is 22.9. The Kier molecular flexibility index (Phi) is 14.1. The highest BCUT2D eigenvalue weighted by molar-refractivity contribution is 7.23. The zero-order valence-electron chi connectivity index (χ0n) is 36.9. The van der Waals surface area contributed by atoms with Crippen LogP contribution in [0.4, 0.5) is 9.59 Å². The van der Waals surface area contributed by atoms with E-state index in [9.17, 15) is 19.2 Å². The fourth-order valence-corrected chi connectivity index (χ4v) is 9.80. The number of nitrogens with zero attached hydrogens (tertiary/aromatic N) is 4. The van der Waals surface area contributed by atoms with Crippen molar-refractivity contribution in [2.45, 2.75) is 65.7 Å². The molecule has 4 aromatic heterocycles. The first kappa shape index (κ1) is 45.5. The molecule has 14 nitrogen and oxygen atoms in total. The van der Waals surface area contributed by atoms with Crippen molar-refractivity contribution < 1.29 is 28.7 Å². The molecule has 4 N–H and O–H groups in total. The smallest absolute Gasteiger partial charge is 0.407 e. The topological polar surface area (TPSA) is 175 Å². The van der Waals surface area contributed by atoms with Gasteiger partial charge in [-0.25, -0.2) is 19.6 Å². The van der Waals surface area contributed by atoms with Gasteiger partial charge in [0.05, 0.1) is 49.4 Å². The Morgan fingerprint density at radius 2 is 1.06 bits per heavy atom. The van der Waals surface area contributed by atoms with E-state index in [1.807, 2.05) is 39.8 Å². The number of nitrogens with one attached hydrogen (secondary N) is 4. The van der Waals surface area contributed by atoms with E-state index >= 15 is 0 Å². The van der Waals surface area contributed by atoms with Crippen molar-refractivity contribution >= 4 is 88.9 Å². The molecular weight excluding hydrogens is 849 g/mol. The minimum atomic E-state index is -0.747. The number of carbonyl (C=O) groups is 4. The molecule has 7 rings (SSSR count). The molecule has 16 heteroatoms. The van der Waals surface area contributed by atoms with Crippen LogP contribution in [0.1, 0.15) is 52.2 Å². The number of thiophene rings is 2. The molecule has 334 valence electrons. The van der Waals surface area contributed by atoms with Gasteiger partial charge in [-0.3, -0.25) is 9.59 Å². The summed E-state index contributed by atoms with van der Waals surface area (Å²) in [5, 5.41) is 7.69. The van der Waals surface area contributed by atoms with Crippen LogP contribution in [0, 0.1) is 11.8 Å². The van der Waals surface area contributed by atoms with Crippen molar-refractivity contribution in [2.24, 2.45) is 11.8 Å². The SMILES string of the molecule is C=CCCN(Cc1nc2ccc(-c3cc4cc5sc(-c6ccc7nc(CN(CCC=C)C(=O)[C@@H](NC(=O)OC)C(C)C)[nH]c7c6)cc5cc4s3)cc2[nH]1)C(=O)[C@@H](NC(=O)OC)C(C)C. The third-order valence-electron chi connectivity index (χ3n) is 11.1. The number of amides is 4. The van der Waals surface area contributed by atoms with Gasteiger partial charge in [-0.05, 0) is 95.1 Å². The fraction of sp³-hybridized carbons (Fsp3) is 0.333. The summed E-state index contributed by atoms with van der Waals surface area (Å²) < 4.78 is 11.9. The summed E-state index contributed by atoms with van der Waals surface area (Å²) in [4.78, 5) is 73.6. The maximum atomic E-state index is 13.7. The second kappa shape index (κ2) is 19.9. The van der Waals surface area contributed by atoms with Gasteiger partial charge in [0.25, 0.3) is 0 Å². The number of methoxy groups -OCH3 is 2. The number of carbonyl (C=O) groups excluding carboxylic acids is 4. The van der Waals surface area contributed by atoms with E-state index in [2.05, 4.69) is 82.3 Å². The number of ether oxygens (including phenoxy) is 2. The Balaban J connectivity index is 1.08. The van der Waals surface area contributed by atoms with E-state index in [4.69, 9.17) is 19.4 Å². The number of aromatic amines is 2. The molecule has 0 saturated heterocycles. The number of benzene rings is 3. The third kappa shape index (κ3) is 10.1. The lowest BCUT2D eigenvalue weighted by atomic mass is 10.0. The molecule has 0 saturated carbocycles. The van der Waals surface area contributed by atoms with Crippen LogP contribution in [0.15, 0.2) is 86.0 Å². The highest BCUT2D eigenvalue weighted by Crippen LogP contribution is 2.41. The van der Waals surface area contributed by atoms with E-state index in [0.29, 0.717) is 37.6 Å². The first-order chi connectivity index (χ1) is 30.8. The molecule has 0 bridgehead atoms. The lowest BCUT2D eigenvalue weighted by Crippen LogP contribution is -2.51. The highest BCUT2D eigenvalue weighted by Gasteiger charge is 2.31. The van der Waals surface area contributed by atoms with Crippen molar-refractivity contribution in [3.8, 4) is 20.9 Å². The molecule has 0 aliphatic carbocycles. The highest BCUT2D eigenvalue weighted by atomic mass is 32.1. The Hall–Kier alpha value is -6.52. The van der Waals surface area contributed by atoms with E-state index in [1.165, 1.54) is 23.6 Å². The molecule has 0 unspecified atom stereocenters. The van der Waals surface area contributed by atoms with Gasteiger partial charge in [0.1, 0.15) is 23.7 Å². The maximum Gasteiger partial charge on any atom is 0.407 e. The second-order valence-corrected chi connectivity index (χ2v) is 18.5. The Morgan fingerprint density at radius 3 is 1.42 bits per heavy atom. The molecule has 4 heterocycles. The summed E-state index contributed by atoms with van der Waals surface area (Å²) in [5.74, 6) is 0.570. The van der Waals surface area contributed by atoms with Gasteiger partial charge in [-0.1, -0.05) is 52.0 Å². The molecule has 4 amide bonds. The number of rotatable bonds is 18. The molecule has 0 radical (unpaired) electrons. The average molecular weight is 903 g/mol. The van der Waals surface area contributed by atoms with Crippen LogP contribution in [0.5, 0.6) is 0 Å². The van der Waals surface area contributed by atoms with Crippen LogP contribution in [0.25, 0.3) is 63.1 Å². The van der Waals surface area contributed by atoms with E-state index in [0.717, 1.165) is 53.7 Å². The maximum absolute atomic E-state index is 13.7. The van der Waals surface area contributed by atoms with Crippen LogP contribution in [0.2, 0.25) is 0 Å². The molecule has 7 aromatic rings. The predicted octanol–water partition coefficient (Wildman–Crippen LogP) is 9.77. The minimum Gasteiger partial charge on any atom is -0.453 e. The number of H-pyrrole nitrogens is 2. The summed E-state index contributed by atoms with van der Waals surface area (Å²) in [7, 11) is 2.56. The molecule has 0 aliphatic heterocycles. The zero-order chi connectivity index (χ0) is 45.7. The standard InChI is InChI=1S/C48H54N8O6S2/c1-9-11-17-55(45(57)43(27(3)4)53-47(59)61-7)25-41-49-33-15-13-29(19-35(33)51-41)37-21-31-23-40-32(24-39(31)63-37)22-38(64-40)30-14-16-34-36(20-30)52-42(50-34)26-56(18-12-10-2)46(58)44(28(5)6)54-48(60)62-8/h9-10,13-16,19-24,27-28,43-44H,1-2,11-12,17-18,25-26H2,3-8H3,(H,49,51)(H,50,52)(H,53,59)(H,54,60)/t43-,44-/m0/s1. The predicted molar refractivity (Wildman–Crippen MR) is 256 cm³/mol. The largest absolute Gasteiger partial charge is 0.453 e. The van der Waals surface area contributed by atoms with Crippen LogP contribution in [0.3, 0.4) is 0 Å². The molecule has 0 fully saturated rings. The Morgan fingerprint density at radius 1 is 0.656 bits per heavy atom. The summed E-state index contributed by atoms with van der Waals surface area (Å²) in [6, 6.07) is 19.8. The van der Waals surface area contributed by atoms with E-state index in [1.54, 1.807) is 44.6 Å². The minimum absolute atomic E-state index is 0.150.